The van der Waals surface area contributed by atoms with E-state index in [1.165, 1.54) is 9.13 Å². The molecule has 4 heteroatoms. The molecular formula is C15H19IN2O. The summed E-state index contributed by atoms with van der Waals surface area (Å²) < 4.78 is 6.79. The minimum atomic E-state index is 0.0802. The van der Waals surface area contributed by atoms with Crippen molar-refractivity contribution in [2.24, 2.45) is 0 Å². The zero-order valence-corrected chi connectivity index (χ0v) is 13.9. The molecule has 2 aromatic rings. The van der Waals surface area contributed by atoms with Crippen LogP contribution in [0.1, 0.15) is 32.0 Å². The van der Waals surface area contributed by atoms with Crippen LogP contribution in [0.25, 0.3) is 11.5 Å². The first kappa shape index (κ1) is 14.5. The maximum atomic E-state index is 5.60. The van der Waals surface area contributed by atoms with Crippen LogP contribution in [0.2, 0.25) is 0 Å². The molecule has 19 heavy (non-hydrogen) atoms. The molecule has 0 saturated carbocycles. The van der Waals surface area contributed by atoms with Crippen molar-refractivity contribution < 1.29 is 4.42 Å². The van der Waals surface area contributed by atoms with Crippen molar-refractivity contribution in [1.82, 2.24) is 10.3 Å². The molecule has 2 rings (SSSR count). The Labute approximate surface area is 128 Å². The van der Waals surface area contributed by atoms with E-state index in [9.17, 15) is 0 Å². The lowest BCUT2D eigenvalue weighted by Gasteiger charge is -2.19. The molecule has 0 spiro atoms. The highest BCUT2D eigenvalue weighted by molar-refractivity contribution is 14.1. The summed E-state index contributed by atoms with van der Waals surface area (Å²) in [7, 11) is 0. The molecule has 0 unspecified atom stereocenters. The fourth-order valence-electron chi connectivity index (χ4n) is 1.68. The highest BCUT2D eigenvalue weighted by Crippen LogP contribution is 2.26. The minimum absolute atomic E-state index is 0.0802. The minimum Gasteiger partial charge on any atom is -0.444 e. The summed E-state index contributed by atoms with van der Waals surface area (Å²) in [4.78, 5) is 4.55. The molecule has 0 radical (unpaired) electrons. The summed E-state index contributed by atoms with van der Waals surface area (Å²) in [5.74, 6) is 0.693. The van der Waals surface area contributed by atoms with Gasteiger partial charge in [-0.25, -0.2) is 4.98 Å². The smallest absolute Gasteiger partial charge is 0.227 e. The molecule has 0 bridgehead atoms. The molecule has 0 atom stereocenters. The predicted molar refractivity (Wildman–Crippen MR) is 86.0 cm³/mol. The van der Waals surface area contributed by atoms with Gasteiger partial charge in [-0.15, -0.1) is 0 Å². The zero-order chi connectivity index (χ0) is 14.0. The molecule has 1 N–H and O–H groups in total. The van der Waals surface area contributed by atoms with Crippen LogP contribution in [0.3, 0.4) is 0 Å². The lowest BCUT2D eigenvalue weighted by Crippen LogP contribution is -2.35. The molecule has 0 amide bonds. The second-order valence-corrected chi connectivity index (χ2v) is 6.76. The Kier molecular flexibility index (Phi) is 4.30. The van der Waals surface area contributed by atoms with Crippen molar-refractivity contribution >= 4 is 22.6 Å². The molecule has 1 heterocycles. The van der Waals surface area contributed by atoms with Gasteiger partial charge in [-0.05, 0) is 61.9 Å². The van der Waals surface area contributed by atoms with Crippen LogP contribution in [0.15, 0.2) is 28.9 Å². The molecule has 3 nitrogen and oxygen atoms in total. The third-order valence-corrected chi connectivity index (χ3v) is 4.21. The maximum Gasteiger partial charge on any atom is 0.227 e. The van der Waals surface area contributed by atoms with Crippen LogP contribution in [-0.4, -0.2) is 10.5 Å². The zero-order valence-electron chi connectivity index (χ0n) is 11.7. The molecule has 1 aromatic heterocycles. The predicted octanol–water partition coefficient (Wildman–Crippen LogP) is 4.14. The van der Waals surface area contributed by atoms with Gasteiger partial charge < -0.3 is 9.73 Å². The summed E-state index contributed by atoms with van der Waals surface area (Å²) in [6, 6.07) is 6.17. The number of nitrogens with one attached hydrogen (secondary N) is 1. The Bertz CT molecular complexity index is 570. The molecule has 0 aliphatic rings. The second kappa shape index (κ2) is 5.63. The van der Waals surface area contributed by atoms with E-state index in [-0.39, 0.29) is 5.54 Å². The topological polar surface area (TPSA) is 38.1 Å². The lowest BCUT2D eigenvalue weighted by atomic mass is 10.1. The van der Waals surface area contributed by atoms with Gasteiger partial charge in [-0.3, -0.25) is 0 Å². The Hall–Kier alpha value is -0.880. The highest BCUT2D eigenvalue weighted by Gasteiger charge is 2.13. The van der Waals surface area contributed by atoms with E-state index in [2.05, 4.69) is 66.7 Å². The van der Waals surface area contributed by atoms with Crippen molar-refractivity contribution in [1.29, 1.82) is 0 Å². The second-order valence-electron chi connectivity index (χ2n) is 5.68. The van der Waals surface area contributed by atoms with Crippen molar-refractivity contribution in [3.05, 3.63) is 39.3 Å². The monoisotopic (exact) mass is 370 g/mol. The van der Waals surface area contributed by atoms with Gasteiger partial charge in [0.25, 0.3) is 0 Å². The quantitative estimate of drug-likeness (QED) is 0.826. The van der Waals surface area contributed by atoms with Crippen LogP contribution < -0.4 is 5.32 Å². The van der Waals surface area contributed by atoms with Gasteiger partial charge >= 0.3 is 0 Å². The third kappa shape index (κ3) is 3.79. The normalized spacial score (nSPS) is 11.8. The van der Waals surface area contributed by atoms with Gasteiger partial charge in [0.05, 0.1) is 11.3 Å². The van der Waals surface area contributed by atoms with Crippen LogP contribution in [-0.2, 0) is 6.54 Å². The molecule has 0 saturated heterocycles. The average molecular weight is 370 g/mol. The van der Waals surface area contributed by atoms with Crippen LogP contribution in [0.5, 0.6) is 0 Å². The number of rotatable bonds is 3. The maximum absolute atomic E-state index is 5.60. The number of aryl methyl sites for hydroxylation is 1. The Morgan fingerprint density at radius 2 is 2.05 bits per heavy atom. The van der Waals surface area contributed by atoms with E-state index in [4.69, 9.17) is 4.42 Å². The first-order valence-corrected chi connectivity index (χ1v) is 7.39. The molecule has 0 aliphatic heterocycles. The Morgan fingerprint density at radius 1 is 1.32 bits per heavy atom. The highest BCUT2D eigenvalue weighted by atomic mass is 127. The number of oxazole rings is 1. The SMILES string of the molecule is Cc1cccc(-c2nc(CNC(C)(C)C)co2)c1I. The number of hydrogen-bond acceptors (Lipinski definition) is 3. The average Bonchev–Trinajstić information content (AvgIpc) is 2.78. The molecule has 102 valence electrons. The van der Waals surface area contributed by atoms with E-state index >= 15 is 0 Å². The number of benzene rings is 1. The van der Waals surface area contributed by atoms with Crippen molar-refractivity contribution in [2.75, 3.05) is 0 Å². The number of halogens is 1. The summed E-state index contributed by atoms with van der Waals surface area (Å²) in [5.41, 5.74) is 3.31. The largest absolute Gasteiger partial charge is 0.444 e. The molecule has 0 fully saturated rings. The van der Waals surface area contributed by atoms with E-state index in [0.29, 0.717) is 5.89 Å². The van der Waals surface area contributed by atoms with Crippen molar-refractivity contribution in [3.8, 4) is 11.5 Å². The number of nitrogens with zero attached hydrogens (tertiary/aromatic N) is 1. The van der Waals surface area contributed by atoms with Gasteiger partial charge in [0.15, 0.2) is 0 Å². The Balaban J connectivity index is 2.19. The van der Waals surface area contributed by atoms with E-state index in [0.717, 1.165) is 17.8 Å². The van der Waals surface area contributed by atoms with Gasteiger partial charge in [0.2, 0.25) is 5.89 Å². The van der Waals surface area contributed by atoms with E-state index in [1.54, 1.807) is 6.26 Å². The first-order chi connectivity index (χ1) is 8.87. The lowest BCUT2D eigenvalue weighted by molar-refractivity contribution is 0.421. The molecule has 1 aromatic carbocycles. The fourth-order valence-corrected chi connectivity index (χ4v) is 2.27. The van der Waals surface area contributed by atoms with Gasteiger partial charge in [0.1, 0.15) is 6.26 Å². The number of hydrogen-bond donors (Lipinski definition) is 1. The molecular weight excluding hydrogens is 351 g/mol. The summed E-state index contributed by atoms with van der Waals surface area (Å²) >= 11 is 2.34. The summed E-state index contributed by atoms with van der Waals surface area (Å²) in [6.45, 7) is 9.22. The summed E-state index contributed by atoms with van der Waals surface area (Å²) in [6.07, 6.45) is 1.73. The standard InChI is InChI=1S/C15H19IN2O/c1-10-6-5-7-12(13(10)16)14-18-11(9-19-14)8-17-15(2,3)4/h5-7,9,17H,8H2,1-4H3. The van der Waals surface area contributed by atoms with Crippen LogP contribution in [0, 0.1) is 10.5 Å². The Morgan fingerprint density at radius 3 is 2.74 bits per heavy atom. The van der Waals surface area contributed by atoms with E-state index < -0.39 is 0 Å². The van der Waals surface area contributed by atoms with Crippen molar-refractivity contribution in [2.45, 2.75) is 39.8 Å². The first-order valence-electron chi connectivity index (χ1n) is 6.32. The molecule has 0 aliphatic carbocycles. The summed E-state index contributed by atoms with van der Waals surface area (Å²) in [5, 5.41) is 3.40. The van der Waals surface area contributed by atoms with Crippen molar-refractivity contribution in [3.63, 3.8) is 0 Å². The van der Waals surface area contributed by atoms with E-state index in [1.807, 2.05) is 12.1 Å². The van der Waals surface area contributed by atoms with Gasteiger partial charge in [-0.1, -0.05) is 12.1 Å². The van der Waals surface area contributed by atoms with Gasteiger partial charge in [-0.2, -0.15) is 0 Å². The number of aromatic nitrogens is 1. The third-order valence-electron chi connectivity index (χ3n) is 2.77. The van der Waals surface area contributed by atoms with Crippen LogP contribution >= 0.6 is 22.6 Å². The fraction of sp³-hybridized carbons (Fsp3) is 0.400. The van der Waals surface area contributed by atoms with Crippen LogP contribution in [0.4, 0.5) is 0 Å². The van der Waals surface area contributed by atoms with Gasteiger partial charge in [0, 0.05) is 15.7 Å².